The van der Waals surface area contributed by atoms with E-state index < -0.39 is 0 Å². The number of carbonyl (C=O) groups excluding carboxylic acids is 1. The van der Waals surface area contributed by atoms with Crippen molar-refractivity contribution >= 4 is 17.7 Å². The molecule has 0 N–H and O–H groups in total. The Balaban J connectivity index is 1.90. The Morgan fingerprint density at radius 3 is 2.61 bits per heavy atom. The van der Waals surface area contributed by atoms with E-state index in [9.17, 15) is 4.79 Å². The summed E-state index contributed by atoms with van der Waals surface area (Å²) >= 11 is 1.50. The number of hydrogen-bond acceptors (Lipinski definition) is 5. The first-order valence-corrected chi connectivity index (χ1v) is 8.27. The van der Waals surface area contributed by atoms with Gasteiger partial charge in [-0.05, 0) is 36.4 Å². The van der Waals surface area contributed by atoms with Gasteiger partial charge in [0.25, 0.3) is 0 Å². The summed E-state index contributed by atoms with van der Waals surface area (Å²) in [5.74, 6) is 2.00. The number of rotatable bonds is 9. The molecule has 0 fully saturated rings. The van der Waals surface area contributed by atoms with Crippen molar-refractivity contribution in [3.8, 4) is 5.75 Å². The van der Waals surface area contributed by atoms with Gasteiger partial charge in [0.1, 0.15) is 11.5 Å². The van der Waals surface area contributed by atoms with Crippen molar-refractivity contribution in [2.45, 2.75) is 11.4 Å². The maximum atomic E-state index is 12.5. The predicted molar refractivity (Wildman–Crippen MR) is 89.7 cm³/mol. The lowest BCUT2D eigenvalue weighted by Crippen LogP contribution is -2.34. The summed E-state index contributed by atoms with van der Waals surface area (Å²) < 4.78 is 15.5. The zero-order chi connectivity index (χ0) is 16.5. The first-order valence-electron chi connectivity index (χ1n) is 7.29. The summed E-state index contributed by atoms with van der Waals surface area (Å²) in [5, 5.41) is 0. The number of furan rings is 1. The molecule has 0 atom stereocenters. The highest BCUT2D eigenvalue weighted by Gasteiger charge is 2.15. The Hall–Kier alpha value is -1.92. The van der Waals surface area contributed by atoms with E-state index in [1.165, 1.54) is 11.8 Å². The lowest BCUT2D eigenvalue weighted by molar-refractivity contribution is -0.129. The minimum atomic E-state index is 0.0549. The van der Waals surface area contributed by atoms with Gasteiger partial charge in [-0.1, -0.05) is 0 Å². The van der Waals surface area contributed by atoms with Crippen molar-refractivity contribution in [2.75, 3.05) is 33.1 Å². The van der Waals surface area contributed by atoms with Gasteiger partial charge in [-0.3, -0.25) is 4.79 Å². The van der Waals surface area contributed by atoms with Gasteiger partial charge in [-0.15, -0.1) is 11.8 Å². The fourth-order valence-electron chi connectivity index (χ4n) is 1.99. The molecule has 5 nitrogen and oxygen atoms in total. The molecule has 1 amide bonds. The molecule has 0 aliphatic heterocycles. The van der Waals surface area contributed by atoms with Crippen LogP contribution in [0.5, 0.6) is 5.75 Å². The Morgan fingerprint density at radius 1 is 1.22 bits per heavy atom. The number of benzene rings is 1. The van der Waals surface area contributed by atoms with Crippen LogP contribution in [0.1, 0.15) is 5.76 Å². The molecule has 0 aliphatic rings. The van der Waals surface area contributed by atoms with Gasteiger partial charge in [0.05, 0.1) is 32.3 Å². The van der Waals surface area contributed by atoms with Crippen molar-refractivity contribution in [3.05, 3.63) is 48.4 Å². The summed E-state index contributed by atoms with van der Waals surface area (Å²) in [6, 6.07) is 11.4. The monoisotopic (exact) mass is 335 g/mol. The largest absolute Gasteiger partial charge is 0.497 e. The number of thioether (sulfide) groups is 1. The molecule has 1 aromatic carbocycles. The molecule has 0 bridgehead atoms. The van der Waals surface area contributed by atoms with Gasteiger partial charge in [0.2, 0.25) is 5.91 Å². The summed E-state index contributed by atoms with van der Waals surface area (Å²) in [6.45, 7) is 1.50. The Labute approximate surface area is 140 Å². The van der Waals surface area contributed by atoms with Crippen molar-refractivity contribution in [3.63, 3.8) is 0 Å². The van der Waals surface area contributed by atoms with E-state index >= 15 is 0 Å². The van der Waals surface area contributed by atoms with Crippen LogP contribution in [0.25, 0.3) is 0 Å². The van der Waals surface area contributed by atoms with Crippen LogP contribution in [-0.4, -0.2) is 43.9 Å². The molecule has 1 heterocycles. The zero-order valence-electron chi connectivity index (χ0n) is 13.4. The molecule has 124 valence electrons. The average molecular weight is 335 g/mol. The third kappa shape index (κ3) is 5.65. The molecule has 6 heteroatoms. The van der Waals surface area contributed by atoms with Gasteiger partial charge in [0.15, 0.2) is 0 Å². The number of ether oxygens (including phenoxy) is 2. The highest BCUT2D eigenvalue weighted by molar-refractivity contribution is 8.00. The lowest BCUT2D eigenvalue weighted by atomic mass is 10.3. The van der Waals surface area contributed by atoms with E-state index in [0.29, 0.717) is 25.4 Å². The van der Waals surface area contributed by atoms with Crippen molar-refractivity contribution in [1.82, 2.24) is 4.90 Å². The minimum Gasteiger partial charge on any atom is -0.497 e. The van der Waals surface area contributed by atoms with Crippen molar-refractivity contribution in [2.24, 2.45) is 0 Å². The van der Waals surface area contributed by atoms with Crippen LogP contribution in [0, 0.1) is 0 Å². The number of hydrogen-bond donors (Lipinski definition) is 0. The molecule has 2 aromatic rings. The summed E-state index contributed by atoms with van der Waals surface area (Å²) in [6.07, 6.45) is 1.61. The fraction of sp³-hybridized carbons (Fsp3) is 0.353. The normalized spacial score (nSPS) is 10.5. The smallest absolute Gasteiger partial charge is 0.233 e. The van der Waals surface area contributed by atoms with E-state index in [1.54, 1.807) is 25.4 Å². The highest BCUT2D eigenvalue weighted by atomic mass is 32.2. The summed E-state index contributed by atoms with van der Waals surface area (Å²) in [7, 11) is 3.26. The second-order valence-corrected chi connectivity index (χ2v) is 5.90. The SMILES string of the molecule is COCCN(Cc1ccco1)C(=O)CSc1ccc(OC)cc1. The number of amides is 1. The van der Waals surface area contributed by atoms with E-state index in [2.05, 4.69) is 0 Å². The topological polar surface area (TPSA) is 51.9 Å². The predicted octanol–water partition coefficient (Wildman–Crippen LogP) is 3.06. The quantitative estimate of drug-likeness (QED) is 0.659. The van der Waals surface area contributed by atoms with Crippen LogP contribution in [-0.2, 0) is 16.1 Å². The number of nitrogens with zero attached hydrogens (tertiary/aromatic N) is 1. The molecule has 0 aliphatic carbocycles. The molecular weight excluding hydrogens is 314 g/mol. The molecule has 23 heavy (non-hydrogen) atoms. The molecule has 0 spiro atoms. The molecule has 0 saturated heterocycles. The summed E-state index contributed by atoms with van der Waals surface area (Å²) in [5.41, 5.74) is 0. The third-order valence-corrected chi connectivity index (χ3v) is 4.26. The van der Waals surface area contributed by atoms with Crippen LogP contribution in [0.2, 0.25) is 0 Å². The first-order chi connectivity index (χ1) is 11.2. The van der Waals surface area contributed by atoms with Crippen LogP contribution in [0.3, 0.4) is 0 Å². The van der Waals surface area contributed by atoms with Gasteiger partial charge >= 0.3 is 0 Å². The van der Waals surface area contributed by atoms with Crippen LogP contribution in [0.4, 0.5) is 0 Å². The molecule has 0 radical (unpaired) electrons. The fourth-order valence-corrected chi connectivity index (χ4v) is 2.79. The second-order valence-electron chi connectivity index (χ2n) is 4.85. The molecule has 2 rings (SSSR count). The van der Waals surface area contributed by atoms with Gasteiger partial charge in [-0.25, -0.2) is 0 Å². The second kappa shape index (κ2) is 9.27. The number of carbonyl (C=O) groups is 1. The van der Waals surface area contributed by atoms with Gasteiger partial charge in [-0.2, -0.15) is 0 Å². The molecular formula is C17H21NO4S. The van der Waals surface area contributed by atoms with Crippen LogP contribution in [0.15, 0.2) is 52.0 Å². The van der Waals surface area contributed by atoms with Crippen LogP contribution >= 0.6 is 11.8 Å². The maximum Gasteiger partial charge on any atom is 0.233 e. The Bertz CT molecular complexity index is 583. The number of methoxy groups -OCH3 is 2. The Kier molecular flexibility index (Phi) is 7.03. The summed E-state index contributed by atoms with van der Waals surface area (Å²) in [4.78, 5) is 15.2. The van der Waals surface area contributed by atoms with Crippen LogP contribution < -0.4 is 4.74 Å². The first kappa shape index (κ1) is 17.4. The molecule has 0 saturated carbocycles. The van der Waals surface area contributed by atoms with E-state index in [4.69, 9.17) is 13.9 Å². The van der Waals surface area contributed by atoms with E-state index in [-0.39, 0.29) is 5.91 Å². The standard InChI is InChI=1S/C17H21NO4S/c1-20-11-9-18(12-15-4-3-10-22-15)17(19)13-23-16-7-5-14(21-2)6-8-16/h3-8,10H,9,11-13H2,1-2H3. The average Bonchev–Trinajstić information content (AvgIpc) is 3.10. The zero-order valence-corrected chi connectivity index (χ0v) is 14.2. The van der Waals surface area contributed by atoms with E-state index in [1.807, 2.05) is 36.4 Å². The van der Waals surface area contributed by atoms with Crippen molar-refractivity contribution < 1.29 is 18.7 Å². The van der Waals surface area contributed by atoms with Gasteiger partial charge in [0, 0.05) is 18.6 Å². The molecule has 1 aromatic heterocycles. The van der Waals surface area contributed by atoms with E-state index in [0.717, 1.165) is 16.4 Å². The Morgan fingerprint density at radius 2 is 2.00 bits per heavy atom. The third-order valence-electron chi connectivity index (χ3n) is 3.27. The minimum absolute atomic E-state index is 0.0549. The lowest BCUT2D eigenvalue weighted by Gasteiger charge is -2.21. The maximum absolute atomic E-state index is 12.5. The molecule has 0 unspecified atom stereocenters. The highest BCUT2D eigenvalue weighted by Crippen LogP contribution is 2.22. The van der Waals surface area contributed by atoms with Gasteiger partial charge < -0.3 is 18.8 Å². The van der Waals surface area contributed by atoms with Crippen molar-refractivity contribution in [1.29, 1.82) is 0 Å².